The molecule has 0 aliphatic heterocycles. The topological polar surface area (TPSA) is 46.1 Å². The summed E-state index contributed by atoms with van der Waals surface area (Å²) in [5.74, 6) is 0. The molecule has 0 spiro atoms. The first-order valence-electron chi connectivity index (χ1n) is 0.309. The summed E-state index contributed by atoms with van der Waals surface area (Å²) in [6, 6.07) is 0. The van der Waals surface area contributed by atoms with Gasteiger partial charge in [0.2, 0.25) is 0 Å². The maximum absolute atomic E-state index is 8.06. The fraction of sp³-hybridized carbons (Fsp3) is 0. The molecule has 2 nitrogen and oxygen atoms in total. The molecule has 0 atom stereocenters. The molecular formula is Br2CuO2. The third kappa shape index (κ3) is 31.9. The smallest absolute Gasteiger partial charge is 0.791 e. The monoisotopic (exact) mass is 253 g/mol. The van der Waals surface area contributed by atoms with Crippen LogP contribution in [0.5, 0.6) is 0 Å². The summed E-state index contributed by atoms with van der Waals surface area (Å²) in [4.78, 5) is 0. The average molecular weight is 255 g/mol. The minimum absolute atomic E-state index is 0. The summed E-state index contributed by atoms with van der Waals surface area (Å²) in [6.07, 6.45) is 0. The Labute approximate surface area is 57.9 Å². The third-order valence-electron chi connectivity index (χ3n) is 0. The number of halogens is 2. The number of rotatable bonds is 0. The normalized spacial score (nSPS) is 2.40. The van der Waals surface area contributed by atoms with Gasteiger partial charge in [0.25, 0.3) is 0 Å². The van der Waals surface area contributed by atoms with E-state index in [4.69, 9.17) is 8.40 Å². The van der Waals surface area contributed by atoms with Crippen molar-refractivity contribution in [1.82, 2.24) is 0 Å². The molecule has 0 saturated heterocycles. The van der Waals surface area contributed by atoms with Crippen molar-refractivity contribution in [1.29, 1.82) is 0 Å². The van der Waals surface area contributed by atoms with E-state index in [1.54, 1.807) is 32.5 Å². The number of hydrogen-bond acceptors (Lipinski definition) is 2. The van der Waals surface area contributed by atoms with Gasteiger partial charge in [-0.25, -0.2) is 32.5 Å². The molecule has 0 saturated carbocycles. The number of hydrogen-bond donors (Lipinski definition) is 0. The molecule has 37 valence electrons. The van der Waals surface area contributed by atoms with E-state index in [0.717, 1.165) is 0 Å². The molecule has 0 bridgehead atoms. The molecule has 0 fully saturated rings. The molecule has 0 heterocycles. The first-order chi connectivity index (χ1) is 2.00. The molecule has 0 aromatic rings. The van der Waals surface area contributed by atoms with Gasteiger partial charge in [0.15, 0.2) is 0 Å². The van der Waals surface area contributed by atoms with Crippen LogP contribution in [0.2, 0.25) is 0 Å². The van der Waals surface area contributed by atoms with E-state index in [2.05, 4.69) is 0 Å². The predicted octanol–water partition coefficient (Wildman–Crippen LogP) is -0.689. The summed E-state index contributed by atoms with van der Waals surface area (Å²) in [5.41, 5.74) is 0. The van der Waals surface area contributed by atoms with Gasteiger partial charge in [-0.15, -0.1) is 0 Å². The van der Waals surface area contributed by atoms with Crippen LogP contribution in [-0.2, 0) is 17.1 Å². The van der Waals surface area contributed by atoms with E-state index in [1.807, 2.05) is 0 Å². The summed E-state index contributed by atoms with van der Waals surface area (Å²) < 4.78 is 16.1. The average Bonchev–Trinajstić information content (AvgIpc) is 1.50. The summed E-state index contributed by atoms with van der Waals surface area (Å²) >= 11 is 3.38. The molecule has 0 aliphatic carbocycles. The molecular weight excluding hydrogens is 255 g/mol. The fourth-order valence-electron chi connectivity index (χ4n) is 0. The molecule has 0 amide bonds. The van der Waals surface area contributed by atoms with Crippen molar-refractivity contribution in [2.45, 2.75) is 0 Å². The Balaban J connectivity index is -0.0000000133. The Kier molecular flexibility index (Phi) is 172. The summed E-state index contributed by atoms with van der Waals surface area (Å²) in [5, 5.41) is 0. The van der Waals surface area contributed by atoms with E-state index in [1.165, 1.54) is 0 Å². The van der Waals surface area contributed by atoms with Crippen LogP contribution < -0.4 is 8.40 Å². The zero-order chi connectivity index (χ0) is 4.00. The molecule has 0 aliphatic rings. The minimum Gasteiger partial charge on any atom is -0.791 e. The second-order valence-corrected chi connectivity index (χ2v) is 0. The molecule has 1 radical (unpaired) electrons. The third-order valence-corrected chi connectivity index (χ3v) is 0. The maximum Gasteiger partial charge on any atom is 2.00 e. The van der Waals surface area contributed by atoms with Crippen molar-refractivity contribution in [2.24, 2.45) is 0 Å². The van der Waals surface area contributed by atoms with Gasteiger partial charge < -0.3 is 8.40 Å². The van der Waals surface area contributed by atoms with Crippen molar-refractivity contribution in [3.05, 3.63) is 0 Å². The van der Waals surface area contributed by atoms with Crippen molar-refractivity contribution in [2.75, 3.05) is 0 Å². The van der Waals surface area contributed by atoms with Crippen LogP contribution in [0.1, 0.15) is 0 Å². The molecule has 0 unspecified atom stereocenters. The van der Waals surface area contributed by atoms with Gasteiger partial charge in [0, 0.05) is 0 Å². The van der Waals surface area contributed by atoms with Crippen LogP contribution in [0.15, 0.2) is 0 Å². The van der Waals surface area contributed by atoms with Crippen LogP contribution in [0.3, 0.4) is 0 Å². The van der Waals surface area contributed by atoms with E-state index < -0.39 is 0 Å². The zero-order valence-electron chi connectivity index (χ0n) is 1.87. The molecule has 0 rings (SSSR count). The minimum atomic E-state index is 0. The van der Waals surface area contributed by atoms with Gasteiger partial charge in [-0.05, 0) is 0 Å². The zero-order valence-corrected chi connectivity index (χ0v) is 5.99. The largest absolute Gasteiger partial charge is 2.00 e. The van der Waals surface area contributed by atoms with Crippen LogP contribution >= 0.6 is 32.5 Å². The van der Waals surface area contributed by atoms with E-state index in [9.17, 15) is 0 Å². The van der Waals surface area contributed by atoms with E-state index in [-0.39, 0.29) is 17.1 Å². The van der Waals surface area contributed by atoms with Crippen LogP contribution in [0.4, 0.5) is 0 Å². The van der Waals surface area contributed by atoms with E-state index >= 15 is 0 Å². The Morgan fingerprint density at radius 3 is 0.800 bits per heavy atom. The second-order valence-electron chi connectivity index (χ2n) is 0. The van der Waals surface area contributed by atoms with Gasteiger partial charge in [-0.2, -0.15) is 0 Å². The SMILES string of the molecule is [Cu+2].[O-]Br.[O-]Br. The van der Waals surface area contributed by atoms with Crippen molar-refractivity contribution < 1.29 is 25.5 Å². The van der Waals surface area contributed by atoms with Crippen molar-refractivity contribution >= 4 is 32.5 Å². The van der Waals surface area contributed by atoms with Crippen LogP contribution in [0.25, 0.3) is 0 Å². The maximum atomic E-state index is 8.06. The van der Waals surface area contributed by atoms with Crippen molar-refractivity contribution in [3.63, 3.8) is 0 Å². The second kappa shape index (κ2) is 53.4. The first kappa shape index (κ1) is 16.1. The van der Waals surface area contributed by atoms with Gasteiger partial charge in [0.1, 0.15) is 0 Å². The molecule has 0 aromatic carbocycles. The standard InChI is InChI=1S/2BrO.Cu/c2*1-2;/q2*-1;+2. The van der Waals surface area contributed by atoms with Gasteiger partial charge >= 0.3 is 17.1 Å². The molecule has 5 heavy (non-hydrogen) atoms. The van der Waals surface area contributed by atoms with Gasteiger partial charge in [-0.1, -0.05) is 0 Å². The van der Waals surface area contributed by atoms with Crippen LogP contribution in [0, 0.1) is 0 Å². The Morgan fingerprint density at radius 1 is 0.800 bits per heavy atom. The molecule has 5 heteroatoms. The molecule has 0 aromatic heterocycles. The Hall–Kier alpha value is 1.40. The van der Waals surface area contributed by atoms with E-state index in [0.29, 0.717) is 0 Å². The van der Waals surface area contributed by atoms with Gasteiger partial charge in [-0.3, -0.25) is 0 Å². The fourth-order valence-corrected chi connectivity index (χ4v) is 0. The quantitative estimate of drug-likeness (QED) is 0.538. The van der Waals surface area contributed by atoms with Crippen molar-refractivity contribution in [3.8, 4) is 0 Å². The first-order valence-corrected chi connectivity index (χ1v) is 1.60. The molecule has 0 N–H and O–H groups in total. The Bertz CT molecular complexity index is 7.61. The summed E-state index contributed by atoms with van der Waals surface area (Å²) in [7, 11) is 0. The summed E-state index contributed by atoms with van der Waals surface area (Å²) in [6.45, 7) is 0. The Morgan fingerprint density at radius 2 is 0.800 bits per heavy atom. The van der Waals surface area contributed by atoms with Crippen LogP contribution in [-0.4, -0.2) is 0 Å². The predicted molar refractivity (Wildman–Crippen MR) is 17.9 cm³/mol. The van der Waals surface area contributed by atoms with Gasteiger partial charge in [0.05, 0.1) is 0 Å².